The van der Waals surface area contributed by atoms with Crippen LogP contribution in [0.2, 0.25) is 0 Å². The number of nitrogens with zero attached hydrogens (tertiary/aromatic N) is 2. The first-order chi connectivity index (χ1) is 24.8. The first kappa shape index (κ1) is 29.0. The quantitative estimate of drug-likeness (QED) is 0.182. The van der Waals surface area contributed by atoms with Crippen LogP contribution in [0.3, 0.4) is 0 Å². The number of hydrogen-bond acceptors (Lipinski definition) is 4. The number of thiophene rings is 2. The second-order valence-corrected chi connectivity index (χ2v) is 14.6. The Morgan fingerprint density at radius 3 is 1.36 bits per heavy atom. The molecule has 10 rings (SSSR count). The van der Waals surface area contributed by atoms with E-state index in [0.717, 1.165) is 45.0 Å². The van der Waals surface area contributed by atoms with E-state index >= 15 is 0 Å². The molecule has 0 amide bonds. The molecule has 0 bridgehead atoms. The van der Waals surface area contributed by atoms with E-state index in [1.807, 2.05) is 22.7 Å². The van der Waals surface area contributed by atoms with E-state index in [9.17, 15) is 0 Å². The maximum absolute atomic E-state index is 5.39. The predicted molar refractivity (Wildman–Crippen MR) is 215 cm³/mol. The molecular formula is C46H28N2S2. The van der Waals surface area contributed by atoms with Crippen LogP contribution >= 0.6 is 22.7 Å². The summed E-state index contributed by atoms with van der Waals surface area (Å²) < 4.78 is 5.05. The highest BCUT2D eigenvalue weighted by Gasteiger charge is 2.19. The van der Waals surface area contributed by atoms with Gasteiger partial charge in [-0.25, -0.2) is 9.97 Å². The van der Waals surface area contributed by atoms with E-state index < -0.39 is 0 Å². The molecule has 3 aromatic heterocycles. The monoisotopic (exact) mass is 672 g/mol. The van der Waals surface area contributed by atoms with E-state index in [1.54, 1.807) is 0 Å². The normalized spacial score (nSPS) is 11.6. The van der Waals surface area contributed by atoms with Crippen molar-refractivity contribution in [2.75, 3.05) is 0 Å². The summed E-state index contributed by atoms with van der Waals surface area (Å²) in [6, 6.07) is 60.6. The molecule has 0 aliphatic carbocycles. The molecule has 10 aromatic rings. The molecular weight excluding hydrogens is 645 g/mol. The van der Waals surface area contributed by atoms with Gasteiger partial charge < -0.3 is 0 Å². The Hall–Kier alpha value is -5.94. The second kappa shape index (κ2) is 11.9. The van der Waals surface area contributed by atoms with Crippen molar-refractivity contribution in [3.63, 3.8) is 0 Å². The van der Waals surface area contributed by atoms with Crippen molar-refractivity contribution in [1.29, 1.82) is 0 Å². The van der Waals surface area contributed by atoms with Crippen LogP contribution in [0.5, 0.6) is 0 Å². The van der Waals surface area contributed by atoms with E-state index in [2.05, 4.69) is 170 Å². The molecule has 50 heavy (non-hydrogen) atoms. The minimum Gasteiger partial charge on any atom is -0.228 e. The first-order valence-electron chi connectivity index (χ1n) is 16.7. The molecule has 0 aliphatic heterocycles. The summed E-state index contributed by atoms with van der Waals surface area (Å²) in [6.07, 6.45) is 0. The first-order valence-corrected chi connectivity index (χ1v) is 18.4. The van der Waals surface area contributed by atoms with Crippen LogP contribution in [-0.2, 0) is 0 Å². The van der Waals surface area contributed by atoms with Gasteiger partial charge in [-0.15, -0.1) is 22.7 Å². The van der Waals surface area contributed by atoms with Gasteiger partial charge in [-0.05, 0) is 40.5 Å². The lowest BCUT2D eigenvalue weighted by atomic mass is 9.96. The van der Waals surface area contributed by atoms with Crippen LogP contribution in [0.25, 0.3) is 96.5 Å². The van der Waals surface area contributed by atoms with Crippen molar-refractivity contribution in [3.8, 4) is 56.2 Å². The zero-order chi connectivity index (χ0) is 33.0. The molecule has 0 N–H and O–H groups in total. The molecule has 0 saturated heterocycles. The highest BCUT2D eigenvalue weighted by molar-refractivity contribution is 7.26. The van der Waals surface area contributed by atoms with Gasteiger partial charge in [-0.1, -0.05) is 152 Å². The smallest absolute Gasteiger partial charge is 0.161 e. The van der Waals surface area contributed by atoms with Gasteiger partial charge in [-0.2, -0.15) is 0 Å². The third kappa shape index (κ3) is 4.84. The standard InChI is InChI=1S/C46H28N2S2/c1-2-12-29(13-3-1)30-24-26-31(27-25-30)32-14-4-5-17-37(32)46-47-40(38-20-10-18-35-33-15-6-8-22-42(33)49-44(35)38)28-41(48-46)39-21-11-19-36-34-16-7-9-23-43(34)50-45(36)39/h1-28H. The van der Waals surface area contributed by atoms with Crippen molar-refractivity contribution >= 4 is 63.0 Å². The lowest BCUT2D eigenvalue weighted by Crippen LogP contribution is -1.97. The molecule has 0 unspecified atom stereocenters. The van der Waals surface area contributed by atoms with Gasteiger partial charge in [0.1, 0.15) is 0 Å². The van der Waals surface area contributed by atoms with Crippen LogP contribution in [0.15, 0.2) is 170 Å². The Kier molecular flexibility index (Phi) is 6.90. The van der Waals surface area contributed by atoms with Crippen molar-refractivity contribution in [2.45, 2.75) is 0 Å². The zero-order valence-electron chi connectivity index (χ0n) is 26.9. The number of rotatable bonds is 5. The van der Waals surface area contributed by atoms with E-state index in [0.29, 0.717) is 0 Å². The third-order valence-electron chi connectivity index (χ3n) is 9.56. The van der Waals surface area contributed by atoms with Gasteiger partial charge in [0.2, 0.25) is 0 Å². The van der Waals surface area contributed by atoms with Crippen LogP contribution in [0.1, 0.15) is 0 Å². The number of hydrogen-bond donors (Lipinski definition) is 0. The summed E-state index contributed by atoms with van der Waals surface area (Å²) in [7, 11) is 0. The molecule has 0 radical (unpaired) electrons. The SMILES string of the molecule is c1ccc(-c2ccc(-c3ccccc3-c3nc(-c4cccc5c4sc4ccccc45)cc(-c4cccc5c4sc4ccccc45)n3)cc2)cc1. The fraction of sp³-hybridized carbons (Fsp3) is 0. The lowest BCUT2D eigenvalue weighted by molar-refractivity contribution is 1.19. The van der Waals surface area contributed by atoms with Crippen molar-refractivity contribution in [2.24, 2.45) is 0 Å². The summed E-state index contributed by atoms with van der Waals surface area (Å²) in [4.78, 5) is 10.8. The zero-order valence-corrected chi connectivity index (χ0v) is 28.5. The highest BCUT2D eigenvalue weighted by atomic mass is 32.1. The van der Waals surface area contributed by atoms with Crippen LogP contribution in [0, 0.1) is 0 Å². The average molecular weight is 673 g/mol. The average Bonchev–Trinajstić information content (AvgIpc) is 3.77. The van der Waals surface area contributed by atoms with E-state index in [4.69, 9.17) is 9.97 Å². The summed E-state index contributed by atoms with van der Waals surface area (Å²) in [5, 5.41) is 5.08. The van der Waals surface area contributed by atoms with E-state index in [-0.39, 0.29) is 0 Å². The second-order valence-electron chi connectivity index (χ2n) is 12.5. The lowest BCUT2D eigenvalue weighted by Gasteiger charge is -2.14. The fourth-order valence-corrected chi connectivity index (χ4v) is 9.59. The summed E-state index contributed by atoms with van der Waals surface area (Å²) in [5.74, 6) is 0.719. The predicted octanol–water partition coefficient (Wildman–Crippen LogP) is 13.5. The number of benzene rings is 7. The minimum absolute atomic E-state index is 0.719. The van der Waals surface area contributed by atoms with Crippen molar-refractivity contribution in [3.05, 3.63) is 170 Å². The Balaban J connectivity index is 1.20. The maximum Gasteiger partial charge on any atom is 0.161 e. The van der Waals surface area contributed by atoms with Gasteiger partial charge in [0.05, 0.1) is 11.4 Å². The summed E-state index contributed by atoms with van der Waals surface area (Å²) in [5.41, 5.74) is 9.76. The Bertz CT molecular complexity index is 2730. The Morgan fingerprint density at radius 1 is 0.320 bits per heavy atom. The summed E-state index contributed by atoms with van der Waals surface area (Å²) >= 11 is 3.67. The van der Waals surface area contributed by atoms with Crippen molar-refractivity contribution < 1.29 is 0 Å². The van der Waals surface area contributed by atoms with Gasteiger partial charge >= 0.3 is 0 Å². The van der Waals surface area contributed by atoms with Gasteiger partial charge in [0.25, 0.3) is 0 Å². The van der Waals surface area contributed by atoms with Gasteiger partial charge in [-0.3, -0.25) is 0 Å². The topological polar surface area (TPSA) is 25.8 Å². The number of aromatic nitrogens is 2. The minimum atomic E-state index is 0.719. The molecule has 4 heteroatoms. The highest BCUT2D eigenvalue weighted by Crippen LogP contribution is 2.43. The molecule has 0 fully saturated rings. The Morgan fingerprint density at radius 2 is 0.760 bits per heavy atom. The largest absolute Gasteiger partial charge is 0.228 e. The molecule has 0 atom stereocenters. The maximum atomic E-state index is 5.39. The Labute approximate surface area is 297 Å². The molecule has 3 heterocycles. The molecule has 0 aliphatic rings. The van der Waals surface area contributed by atoms with Crippen LogP contribution in [-0.4, -0.2) is 9.97 Å². The fourth-order valence-electron chi connectivity index (χ4n) is 7.14. The van der Waals surface area contributed by atoms with Crippen LogP contribution in [0.4, 0.5) is 0 Å². The molecule has 234 valence electrons. The van der Waals surface area contributed by atoms with Crippen molar-refractivity contribution in [1.82, 2.24) is 9.97 Å². The number of fused-ring (bicyclic) bond motifs is 6. The van der Waals surface area contributed by atoms with Gasteiger partial charge in [0, 0.05) is 57.0 Å². The molecule has 2 nitrogen and oxygen atoms in total. The van der Waals surface area contributed by atoms with Crippen LogP contribution < -0.4 is 0 Å². The molecule has 7 aromatic carbocycles. The third-order valence-corrected chi connectivity index (χ3v) is 12.0. The van der Waals surface area contributed by atoms with E-state index in [1.165, 1.54) is 51.5 Å². The summed E-state index contributed by atoms with van der Waals surface area (Å²) in [6.45, 7) is 0. The van der Waals surface area contributed by atoms with Gasteiger partial charge in [0.15, 0.2) is 5.82 Å². The molecule has 0 saturated carbocycles. The molecule has 0 spiro atoms.